The Labute approximate surface area is 171 Å². The average Bonchev–Trinajstić information content (AvgIpc) is 2.90. The topological polar surface area (TPSA) is 102 Å². The summed E-state index contributed by atoms with van der Waals surface area (Å²) in [5.74, 6) is -1.22. The molecule has 1 fully saturated rings. The van der Waals surface area contributed by atoms with E-state index in [-0.39, 0.29) is 24.9 Å². The number of rotatable bonds is 8. The zero-order valence-electron chi connectivity index (χ0n) is 17.7. The summed E-state index contributed by atoms with van der Waals surface area (Å²) in [6.07, 6.45) is 3.51. The number of ether oxygens (including phenoxy) is 3. The number of carbonyl (C=O) groups excluding carboxylic acids is 3. The number of aliphatic hydroxyl groups excluding tert-OH is 1. The van der Waals surface area contributed by atoms with E-state index in [2.05, 4.69) is 0 Å². The number of nitrogens with zero attached hydrogens (tertiary/aromatic N) is 1. The molecule has 0 aromatic heterocycles. The summed E-state index contributed by atoms with van der Waals surface area (Å²) in [6.45, 7) is 9.59. The normalized spacial score (nSPS) is 26.0. The van der Waals surface area contributed by atoms with Gasteiger partial charge in [0.15, 0.2) is 11.9 Å². The van der Waals surface area contributed by atoms with E-state index in [1.54, 1.807) is 32.9 Å². The molecule has 0 spiro atoms. The summed E-state index contributed by atoms with van der Waals surface area (Å²) in [5.41, 5.74) is -0.808. The summed E-state index contributed by atoms with van der Waals surface area (Å²) < 4.78 is 16.3. The fourth-order valence-corrected chi connectivity index (χ4v) is 3.85. The molecule has 0 saturated carbocycles. The van der Waals surface area contributed by atoms with Crippen LogP contribution in [0.15, 0.2) is 24.0 Å². The highest BCUT2D eigenvalue weighted by Crippen LogP contribution is 2.36. The third kappa shape index (κ3) is 5.25. The molecule has 1 N–H and O–H groups in total. The summed E-state index contributed by atoms with van der Waals surface area (Å²) in [5, 5.41) is 8.70. The largest absolute Gasteiger partial charge is 0.482 e. The van der Waals surface area contributed by atoms with Crippen LogP contribution in [0, 0.1) is 11.8 Å². The number of allylic oxidation sites excluding steroid dienone is 1. The van der Waals surface area contributed by atoms with E-state index in [1.807, 2.05) is 13.8 Å². The lowest BCUT2D eigenvalue weighted by Gasteiger charge is -2.33. The first-order valence-electron chi connectivity index (χ1n) is 9.93. The van der Waals surface area contributed by atoms with Gasteiger partial charge in [-0.25, -0.2) is 9.69 Å². The number of amides is 2. The Hall–Kier alpha value is -2.19. The number of hydrogen-bond acceptors (Lipinski definition) is 7. The number of imide groups is 1. The van der Waals surface area contributed by atoms with E-state index < -0.39 is 35.7 Å². The van der Waals surface area contributed by atoms with Crippen molar-refractivity contribution in [2.75, 3.05) is 19.8 Å². The molecule has 2 rings (SSSR count). The zero-order valence-corrected chi connectivity index (χ0v) is 17.7. The average molecular weight is 409 g/mol. The third-order valence-electron chi connectivity index (χ3n) is 5.05. The summed E-state index contributed by atoms with van der Waals surface area (Å²) in [7, 11) is 0. The molecule has 162 valence electrons. The summed E-state index contributed by atoms with van der Waals surface area (Å²) >= 11 is 0. The van der Waals surface area contributed by atoms with Gasteiger partial charge in [-0.3, -0.25) is 9.59 Å². The second-order valence-corrected chi connectivity index (χ2v) is 8.16. The highest BCUT2D eigenvalue weighted by molar-refractivity contribution is 6.02. The van der Waals surface area contributed by atoms with Crippen molar-refractivity contribution in [2.24, 2.45) is 11.8 Å². The number of carbonyl (C=O) groups is 3. The molecule has 8 heteroatoms. The minimum absolute atomic E-state index is 0.00940. The summed E-state index contributed by atoms with van der Waals surface area (Å²) in [6, 6.07) is -0.433. The first-order valence-corrected chi connectivity index (χ1v) is 9.93. The molecule has 0 bridgehead atoms. The molecule has 0 aromatic carbocycles. The Morgan fingerprint density at radius 3 is 2.59 bits per heavy atom. The molecule has 0 aromatic rings. The van der Waals surface area contributed by atoms with Gasteiger partial charge in [-0.05, 0) is 51.3 Å². The SMILES string of the molecule is CC(C)[C@@H]1N(C(=O)[C@@H](C)[C@@H]2OC(=CCCOCCO)C=CC2=O)C(=O)OC1(C)C. The van der Waals surface area contributed by atoms with Crippen LogP contribution in [0.4, 0.5) is 4.79 Å². The van der Waals surface area contributed by atoms with Gasteiger partial charge in [0.05, 0.1) is 31.8 Å². The molecule has 0 unspecified atom stereocenters. The van der Waals surface area contributed by atoms with Crippen molar-refractivity contribution in [3.05, 3.63) is 24.0 Å². The Kier molecular flexibility index (Phi) is 7.60. The van der Waals surface area contributed by atoms with Gasteiger partial charge >= 0.3 is 6.09 Å². The van der Waals surface area contributed by atoms with Crippen molar-refractivity contribution in [1.82, 2.24) is 4.90 Å². The number of aliphatic hydroxyl groups is 1. The van der Waals surface area contributed by atoms with Crippen molar-refractivity contribution in [3.8, 4) is 0 Å². The van der Waals surface area contributed by atoms with Crippen molar-refractivity contribution < 1.29 is 33.7 Å². The van der Waals surface area contributed by atoms with E-state index >= 15 is 0 Å². The first kappa shape index (κ1) is 23.1. The second-order valence-electron chi connectivity index (χ2n) is 8.16. The number of cyclic esters (lactones) is 1. The minimum Gasteiger partial charge on any atom is -0.482 e. The van der Waals surface area contributed by atoms with Gasteiger partial charge in [-0.15, -0.1) is 0 Å². The van der Waals surface area contributed by atoms with Crippen LogP contribution >= 0.6 is 0 Å². The molecule has 2 aliphatic rings. The zero-order chi connectivity index (χ0) is 21.8. The molecular formula is C21H31NO7. The van der Waals surface area contributed by atoms with Gasteiger partial charge in [0, 0.05) is 0 Å². The Balaban J connectivity index is 2.11. The van der Waals surface area contributed by atoms with Crippen LogP contribution in [0.3, 0.4) is 0 Å². The Morgan fingerprint density at radius 2 is 1.97 bits per heavy atom. The van der Waals surface area contributed by atoms with Gasteiger partial charge in [0.25, 0.3) is 0 Å². The van der Waals surface area contributed by atoms with Crippen LogP contribution < -0.4 is 0 Å². The maximum atomic E-state index is 13.1. The van der Waals surface area contributed by atoms with E-state index in [1.165, 1.54) is 6.08 Å². The van der Waals surface area contributed by atoms with Gasteiger partial charge in [0.2, 0.25) is 5.91 Å². The van der Waals surface area contributed by atoms with Crippen LogP contribution in [0.1, 0.15) is 41.0 Å². The van der Waals surface area contributed by atoms with E-state index in [0.717, 1.165) is 4.90 Å². The Bertz CT molecular complexity index is 695. The second kappa shape index (κ2) is 9.54. The maximum Gasteiger partial charge on any atom is 0.417 e. The molecule has 29 heavy (non-hydrogen) atoms. The van der Waals surface area contributed by atoms with E-state index in [4.69, 9.17) is 19.3 Å². The van der Waals surface area contributed by atoms with Crippen LogP contribution in [0.2, 0.25) is 0 Å². The lowest BCUT2D eigenvalue weighted by atomic mass is 9.87. The van der Waals surface area contributed by atoms with Crippen molar-refractivity contribution >= 4 is 17.8 Å². The lowest BCUT2D eigenvalue weighted by molar-refractivity contribution is -0.143. The van der Waals surface area contributed by atoms with E-state index in [0.29, 0.717) is 18.8 Å². The van der Waals surface area contributed by atoms with Crippen molar-refractivity contribution in [1.29, 1.82) is 0 Å². The molecular weight excluding hydrogens is 378 g/mol. The maximum absolute atomic E-state index is 13.1. The van der Waals surface area contributed by atoms with Crippen LogP contribution in [0.5, 0.6) is 0 Å². The molecule has 0 aliphatic carbocycles. The fourth-order valence-electron chi connectivity index (χ4n) is 3.85. The monoisotopic (exact) mass is 409 g/mol. The van der Waals surface area contributed by atoms with Crippen LogP contribution in [0.25, 0.3) is 0 Å². The lowest BCUT2D eigenvalue weighted by Crippen LogP contribution is -2.52. The van der Waals surface area contributed by atoms with E-state index in [9.17, 15) is 14.4 Å². The van der Waals surface area contributed by atoms with Gasteiger partial charge < -0.3 is 19.3 Å². The van der Waals surface area contributed by atoms with Gasteiger partial charge in [-0.1, -0.05) is 13.8 Å². The standard InChI is InChI=1S/C21H31NO7/c1-13(2)18-21(4,5)29-20(26)22(18)19(25)14(3)17-16(24)9-8-15(28-17)7-6-11-27-12-10-23/h7-9,13-14,17-18,23H,6,10-12H2,1-5H3/t14-,17-,18-/m0/s1. The van der Waals surface area contributed by atoms with Crippen molar-refractivity contribution in [3.63, 3.8) is 0 Å². The van der Waals surface area contributed by atoms with Gasteiger partial charge in [-0.2, -0.15) is 0 Å². The number of hydrogen-bond donors (Lipinski definition) is 1. The molecule has 0 radical (unpaired) electrons. The highest BCUT2D eigenvalue weighted by Gasteiger charge is 2.53. The molecule has 2 amide bonds. The smallest absolute Gasteiger partial charge is 0.417 e. The van der Waals surface area contributed by atoms with Gasteiger partial charge in [0.1, 0.15) is 11.4 Å². The Morgan fingerprint density at radius 1 is 1.28 bits per heavy atom. The summed E-state index contributed by atoms with van der Waals surface area (Å²) in [4.78, 5) is 39.1. The third-order valence-corrected chi connectivity index (χ3v) is 5.05. The molecule has 2 aliphatic heterocycles. The minimum atomic E-state index is -1.01. The molecule has 8 nitrogen and oxygen atoms in total. The fraction of sp³-hybridized carbons (Fsp3) is 0.667. The first-order chi connectivity index (χ1) is 13.6. The molecule has 2 heterocycles. The predicted molar refractivity (Wildman–Crippen MR) is 105 cm³/mol. The molecule has 1 saturated heterocycles. The van der Waals surface area contributed by atoms with Crippen LogP contribution in [-0.4, -0.2) is 65.4 Å². The quantitative estimate of drug-likeness (QED) is 0.613. The molecule has 3 atom stereocenters. The van der Waals surface area contributed by atoms with Crippen molar-refractivity contribution in [2.45, 2.75) is 58.8 Å². The predicted octanol–water partition coefficient (Wildman–Crippen LogP) is 2.21. The van der Waals surface area contributed by atoms with Crippen LogP contribution in [-0.2, 0) is 23.8 Å². The highest BCUT2D eigenvalue weighted by atomic mass is 16.6. The number of ketones is 1.